The fraction of sp³-hybridized carbons (Fsp3) is 0. The molecule has 1 rings (SSSR count). The van der Waals surface area contributed by atoms with Crippen molar-refractivity contribution in [1.82, 2.24) is 0 Å². The third-order valence-electron chi connectivity index (χ3n) is 1.33. The number of carbonyl (C=O) groups is 1. The maximum Gasteiger partial charge on any atom is 0.341 e. The van der Waals surface area contributed by atoms with E-state index in [1.165, 1.54) is 0 Å². The predicted molar refractivity (Wildman–Crippen MR) is 46.0 cm³/mol. The molecule has 1 N–H and O–H groups in total. The Labute approximate surface area is 85.3 Å². The molecule has 0 saturated carbocycles. The van der Waals surface area contributed by atoms with E-state index in [2.05, 4.69) is 15.9 Å². The minimum absolute atomic E-state index is 0.0193. The predicted octanol–water partition coefficient (Wildman–Crippen LogP) is 3.08. The van der Waals surface area contributed by atoms with Crippen LogP contribution >= 0.6 is 27.5 Å². The van der Waals surface area contributed by atoms with Crippen molar-refractivity contribution < 1.29 is 18.7 Å². The van der Waals surface area contributed by atoms with E-state index in [-0.39, 0.29) is 4.47 Å². The molecule has 70 valence electrons. The van der Waals surface area contributed by atoms with Crippen LogP contribution in [0.25, 0.3) is 0 Å². The molecule has 0 saturated heterocycles. The van der Waals surface area contributed by atoms with Crippen molar-refractivity contribution in [2.24, 2.45) is 0 Å². The first-order valence-corrected chi connectivity index (χ1v) is 4.18. The highest BCUT2D eigenvalue weighted by Gasteiger charge is 2.21. The third-order valence-corrected chi connectivity index (χ3v) is 2.55. The summed E-state index contributed by atoms with van der Waals surface area (Å²) in [4.78, 5) is 10.4. The van der Waals surface area contributed by atoms with Gasteiger partial charge in [-0.25, -0.2) is 13.6 Å². The lowest BCUT2D eigenvalue weighted by Crippen LogP contribution is -2.05. The van der Waals surface area contributed by atoms with Crippen LogP contribution in [0.5, 0.6) is 0 Å². The number of halogens is 4. The van der Waals surface area contributed by atoms with Gasteiger partial charge in [0.1, 0.15) is 11.4 Å². The second kappa shape index (κ2) is 3.59. The van der Waals surface area contributed by atoms with Crippen molar-refractivity contribution in [3.63, 3.8) is 0 Å². The van der Waals surface area contributed by atoms with Crippen LogP contribution in [0, 0.1) is 11.6 Å². The molecule has 0 radical (unpaired) electrons. The zero-order valence-electron chi connectivity index (χ0n) is 5.94. The van der Waals surface area contributed by atoms with Crippen molar-refractivity contribution in [3.05, 3.63) is 32.8 Å². The lowest BCUT2D eigenvalue weighted by molar-refractivity contribution is 0.0686. The number of benzene rings is 1. The molecule has 0 fully saturated rings. The van der Waals surface area contributed by atoms with Gasteiger partial charge >= 0.3 is 5.97 Å². The van der Waals surface area contributed by atoms with E-state index in [0.29, 0.717) is 0 Å². The summed E-state index contributed by atoms with van der Waals surface area (Å²) in [6, 6.07) is 0.800. The van der Waals surface area contributed by atoms with Crippen LogP contribution in [0.3, 0.4) is 0 Å². The van der Waals surface area contributed by atoms with Gasteiger partial charge in [0.25, 0.3) is 0 Å². The smallest absolute Gasteiger partial charge is 0.341 e. The molecule has 0 spiro atoms. The lowest BCUT2D eigenvalue weighted by Gasteiger charge is -2.02. The Bertz CT molecular complexity index is 381. The van der Waals surface area contributed by atoms with Gasteiger partial charge in [0, 0.05) is 4.47 Å². The summed E-state index contributed by atoms with van der Waals surface area (Å²) < 4.78 is 25.8. The van der Waals surface area contributed by atoms with Crippen LogP contribution in [0.1, 0.15) is 10.4 Å². The van der Waals surface area contributed by atoms with Crippen molar-refractivity contribution in [2.75, 3.05) is 0 Å². The Balaban J connectivity index is 3.53. The molecule has 6 heteroatoms. The summed E-state index contributed by atoms with van der Waals surface area (Å²) in [5.74, 6) is -4.13. The van der Waals surface area contributed by atoms with Crippen LogP contribution < -0.4 is 0 Å². The molecule has 1 aromatic carbocycles. The standard InChI is InChI=1S/C7H2BrClF2O2/c8-2-1-3(10)4(7(12)13)6(11)5(2)9/h1H,(H,12,13). The first-order valence-electron chi connectivity index (χ1n) is 3.01. The molecule has 0 bridgehead atoms. The van der Waals surface area contributed by atoms with Gasteiger partial charge in [-0.1, -0.05) is 11.6 Å². The van der Waals surface area contributed by atoms with E-state index < -0.39 is 28.2 Å². The van der Waals surface area contributed by atoms with Gasteiger partial charge in [-0.2, -0.15) is 0 Å². The number of aromatic carboxylic acids is 1. The number of rotatable bonds is 1. The number of hydrogen-bond acceptors (Lipinski definition) is 1. The Kier molecular flexibility index (Phi) is 2.87. The van der Waals surface area contributed by atoms with E-state index >= 15 is 0 Å². The Morgan fingerprint density at radius 1 is 1.54 bits per heavy atom. The van der Waals surface area contributed by atoms with E-state index in [4.69, 9.17) is 16.7 Å². The fourth-order valence-electron chi connectivity index (χ4n) is 0.762. The van der Waals surface area contributed by atoms with Gasteiger partial charge in [0.2, 0.25) is 0 Å². The summed E-state index contributed by atoms with van der Waals surface area (Å²) in [7, 11) is 0. The van der Waals surface area contributed by atoms with Gasteiger partial charge in [-0.05, 0) is 22.0 Å². The molecular formula is C7H2BrClF2O2. The average Bonchev–Trinajstić information content (AvgIpc) is 1.99. The highest BCUT2D eigenvalue weighted by Crippen LogP contribution is 2.29. The second-order valence-corrected chi connectivity index (χ2v) is 3.38. The van der Waals surface area contributed by atoms with E-state index in [0.717, 1.165) is 6.07 Å². The molecule has 1 aromatic rings. The summed E-state index contributed by atoms with van der Waals surface area (Å²) in [5, 5.41) is 7.96. The van der Waals surface area contributed by atoms with Crippen LogP contribution in [0.2, 0.25) is 5.02 Å². The summed E-state index contributed by atoms with van der Waals surface area (Å²) in [5.41, 5.74) is -1.05. The summed E-state index contributed by atoms with van der Waals surface area (Å²) in [6.45, 7) is 0. The molecule has 0 aliphatic carbocycles. The molecule has 2 nitrogen and oxygen atoms in total. The van der Waals surface area contributed by atoms with E-state index in [1.54, 1.807) is 0 Å². The Morgan fingerprint density at radius 3 is 2.54 bits per heavy atom. The van der Waals surface area contributed by atoms with Crippen molar-refractivity contribution in [1.29, 1.82) is 0 Å². The number of hydrogen-bond donors (Lipinski definition) is 1. The van der Waals surface area contributed by atoms with Gasteiger partial charge in [0.05, 0.1) is 5.02 Å². The first kappa shape index (κ1) is 10.4. The first-order chi connectivity index (χ1) is 5.95. The largest absolute Gasteiger partial charge is 0.477 e. The second-order valence-electron chi connectivity index (χ2n) is 2.15. The molecule has 0 amide bonds. The molecule has 13 heavy (non-hydrogen) atoms. The van der Waals surface area contributed by atoms with Crippen molar-refractivity contribution in [2.45, 2.75) is 0 Å². The number of carboxylic acids is 1. The molecule has 0 atom stereocenters. The maximum atomic E-state index is 13.0. The molecule has 0 aliphatic rings. The van der Waals surface area contributed by atoms with E-state index in [9.17, 15) is 13.6 Å². The zero-order chi connectivity index (χ0) is 10.2. The molecular weight excluding hydrogens is 269 g/mol. The summed E-state index contributed by atoms with van der Waals surface area (Å²) >= 11 is 8.12. The van der Waals surface area contributed by atoms with Crippen molar-refractivity contribution in [3.8, 4) is 0 Å². The highest BCUT2D eigenvalue weighted by molar-refractivity contribution is 9.10. The van der Waals surface area contributed by atoms with Gasteiger partial charge in [-0.15, -0.1) is 0 Å². The fourth-order valence-corrected chi connectivity index (χ4v) is 1.29. The quantitative estimate of drug-likeness (QED) is 0.629. The average molecular weight is 271 g/mol. The monoisotopic (exact) mass is 270 g/mol. The topological polar surface area (TPSA) is 37.3 Å². The number of carboxylic acid groups (broad SMARTS) is 1. The normalized spacial score (nSPS) is 10.2. The van der Waals surface area contributed by atoms with Crippen LogP contribution in [-0.2, 0) is 0 Å². The molecule has 0 heterocycles. The molecule has 0 unspecified atom stereocenters. The highest BCUT2D eigenvalue weighted by atomic mass is 79.9. The van der Waals surface area contributed by atoms with Gasteiger partial charge in [-0.3, -0.25) is 0 Å². The van der Waals surface area contributed by atoms with Crippen molar-refractivity contribution >= 4 is 33.5 Å². The third kappa shape index (κ3) is 1.81. The van der Waals surface area contributed by atoms with Crippen LogP contribution in [0.15, 0.2) is 10.5 Å². The Hall–Kier alpha value is -0.680. The van der Waals surface area contributed by atoms with E-state index in [1.807, 2.05) is 0 Å². The zero-order valence-corrected chi connectivity index (χ0v) is 8.29. The SMILES string of the molecule is O=C(O)c1c(F)cc(Br)c(Cl)c1F. The van der Waals surface area contributed by atoms with Gasteiger partial charge < -0.3 is 5.11 Å². The summed E-state index contributed by atoms with van der Waals surface area (Å²) in [6.07, 6.45) is 0. The molecule has 0 aromatic heterocycles. The minimum atomic E-state index is -1.69. The lowest BCUT2D eigenvalue weighted by atomic mass is 10.2. The van der Waals surface area contributed by atoms with Crippen LogP contribution in [-0.4, -0.2) is 11.1 Å². The Morgan fingerprint density at radius 2 is 2.08 bits per heavy atom. The minimum Gasteiger partial charge on any atom is -0.477 e. The maximum absolute atomic E-state index is 13.0. The molecule has 0 aliphatic heterocycles. The van der Waals surface area contributed by atoms with Gasteiger partial charge in [0.15, 0.2) is 5.82 Å². The van der Waals surface area contributed by atoms with Crippen LogP contribution in [0.4, 0.5) is 8.78 Å².